The number of nitriles is 1. The van der Waals surface area contributed by atoms with Crippen molar-refractivity contribution >= 4 is 10.8 Å². The molecule has 1 nitrogen and oxygen atoms in total. The Labute approximate surface area is 157 Å². The highest BCUT2D eigenvalue weighted by Gasteiger charge is 2.02. The molecule has 0 saturated heterocycles. The topological polar surface area (TPSA) is 23.8 Å². The lowest BCUT2D eigenvalue weighted by molar-refractivity contribution is 0.607. The van der Waals surface area contributed by atoms with Crippen LogP contribution in [0.2, 0.25) is 0 Å². The summed E-state index contributed by atoms with van der Waals surface area (Å²) in [7, 11) is 0. The molecule has 0 unspecified atom stereocenters. The summed E-state index contributed by atoms with van der Waals surface area (Å²) in [5.74, 6) is 0. The Morgan fingerprint density at radius 3 is 2.12 bits per heavy atom. The Morgan fingerprint density at radius 1 is 0.692 bits per heavy atom. The Kier molecular flexibility index (Phi) is 6.45. The molecule has 3 aromatic rings. The van der Waals surface area contributed by atoms with Crippen LogP contribution >= 0.6 is 0 Å². The Hall–Kier alpha value is -2.59. The number of nitrogens with zero attached hydrogens (tertiary/aromatic N) is 1. The molecule has 0 aromatic heterocycles. The number of fused-ring (bicyclic) bond motifs is 1. The fraction of sp³-hybridized carbons (Fsp3) is 0.320. The van der Waals surface area contributed by atoms with E-state index in [0.29, 0.717) is 5.56 Å². The molecule has 0 radical (unpaired) electrons. The summed E-state index contributed by atoms with van der Waals surface area (Å²) in [4.78, 5) is 0. The van der Waals surface area contributed by atoms with Gasteiger partial charge in [-0.15, -0.1) is 0 Å². The summed E-state index contributed by atoms with van der Waals surface area (Å²) in [6.07, 6.45) is 9.25. The van der Waals surface area contributed by atoms with E-state index in [9.17, 15) is 0 Å². The van der Waals surface area contributed by atoms with E-state index in [-0.39, 0.29) is 0 Å². The number of aryl methyl sites for hydroxylation is 1. The van der Waals surface area contributed by atoms with Crippen LogP contribution in [-0.4, -0.2) is 0 Å². The maximum atomic E-state index is 8.93. The average molecular weight is 341 g/mol. The molecule has 26 heavy (non-hydrogen) atoms. The first-order valence-corrected chi connectivity index (χ1v) is 9.83. The molecule has 0 aliphatic carbocycles. The van der Waals surface area contributed by atoms with E-state index in [1.54, 1.807) is 0 Å². The van der Waals surface area contributed by atoms with Crippen LogP contribution in [0.5, 0.6) is 0 Å². The Bertz CT molecular complexity index is 884. The smallest absolute Gasteiger partial charge is 0.0991 e. The second-order valence-corrected chi connectivity index (χ2v) is 7.10. The fourth-order valence-electron chi connectivity index (χ4n) is 3.48. The van der Waals surface area contributed by atoms with Gasteiger partial charge in [-0.05, 0) is 58.5 Å². The molecule has 0 amide bonds. The van der Waals surface area contributed by atoms with E-state index in [2.05, 4.69) is 49.4 Å². The molecule has 132 valence electrons. The zero-order valence-electron chi connectivity index (χ0n) is 15.7. The van der Waals surface area contributed by atoms with Gasteiger partial charge in [0.2, 0.25) is 0 Å². The molecular formula is C25H27N. The van der Waals surface area contributed by atoms with Gasteiger partial charge in [0.05, 0.1) is 11.6 Å². The summed E-state index contributed by atoms with van der Waals surface area (Å²) in [6.45, 7) is 2.27. The predicted octanol–water partition coefficient (Wildman–Crippen LogP) is 7.28. The van der Waals surface area contributed by atoms with Crippen molar-refractivity contribution in [1.29, 1.82) is 5.26 Å². The third kappa shape index (κ3) is 4.73. The predicted molar refractivity (Wildman–Crippen MR) is 111 cm³/mol. The van der Waals surface area contributed by atoms with Crippen molar-refractivity contribution in [2.45, 2.75) is 51.9 Å². The number of benzene rings is 3. The summed E-state index contributed by atoms with van der Waals surface area (Å²) in [6, 6.07) is 23.5. The van der Waals surface area contributed by atoms with Gasteiger partial charge < -0.3 is 0 Å². The largest absolute Gasteiger partial charge is 0.192 e. The van der Waals surface area contributed by atoms with E-state index in [0.717, 1.165) is 5.56 Å². The molecule has 0 saturated carbocycles. The van der Waals surface area contributed by atoms with Crippen molar-refractivity contribution in [2.75, 3.05) is 0 Å². The lowest BCUT2D eigenvalue weighted by Gasteiger charge is -2.07. The summed E-state index contributed by atoms with van der Waals surface area (Å²) in [5.41, 5.74) is 4.50. The number of hydrogen-bond donors (Lipinski definition) is 0. The highest BCUT2D eigenvalue weighted by molar-refractivity contribution is 5.87. The van der Waals surface area contributed by atoms with Crippen molar-refractivity contribution in [1.82, 2.24) is 0 Å². The highest BCUT2D eigenvalue weighted by Crippen LogP contribution is 2.26. The number of unbranched alkanes of at least 4 members (excludes halogenated alkanes) is 5. The van der Waals surface area contributed by atoms with Crippen LogP contribution in [0.4, 0.5) is 0 Å². The molecule has 0 N–H and O–H groups in total. The maximum absolute atomic E-state index is 8.93. The molecule has 0 heterocycles. The van der Waals surface area contributed by atoms with Gasteiger partial charge in [0.25, 0.3) is 0 Å². The molecule has 0 spiro atoms. The van der Waals surface area contributed by atoms with Gasteiger partial charge in [-0.1, -0.05) is 81.5 Å². The molecule has 0 aliphatic rings. The SMILES string of the molecule is CCCCCCCCc1ccc2cc(-c3ccc(C#N)cc3)ccc2c1. The molecule has 0 aliphatic heterocycles. The standard InChI is InChI=1S/C25H27N/c1-2-3-4-5-6-7-8-20-9-14-25-18-24(16-15-23(25)17-20)22-12-10-21(19-26)11-13-22/h9-18H,2-8H2,1H3. The molecule has 0 atom stereocenters. The second kappa shape index (κ2) is 9.20. The minimum absolute atomic E-state index is 0.703. The lowest BCUT2D eigenvalue weighted by Crippen LogP contribution is -1.87. The monoisotopic (exact) mass is 341 g/mol. The van der Waals surface area contributed by atoms with E-state index in [4.69, 9.17) is 5.26 Å². The van der Waals surface area contributed by atoms with Crippen LogP contribution in [0, 0.1) is 11.3 Å². The van der Waals surface area contributed by atoms with Gasteiger partial charge in [-0.3, -0.25) is 0 Å². The van der Waals surface area contributed by atoms with Gasteiger partial charge in [0, 0.05) is 0 Å². The van der Waals surface area contributed by atoms with Crippen LogP contribution in [0.25, 0.3) is 21.9 Å². The van der Waals surface area contributed by atoms with Gasteiger partial charge >= 0.3 is 0 Å². The first-order valence-electron chi connectivity index (χ1n) is 9.83. The van der Waals surface area contributed by atoms with E-state index < -0.39 is 0 Å². The first kappa shape index (κ1) is 18.2. The van der Waals surface area contributed by atoms with Crippen molar-refractivity contribution in [3.8, 4) is 17.2 Å². The third-order valence-corrected chi connectivity index (χ3v) is 5.07. The Balaban J connectivity index is 1.66. The number of hydrogen-bond acceptors (Lipinski definition) is 1. The van der Waals surface area contributed by atoms with E-state index in [1.807, 2.05) is 24.3 Å². The average Bonchev–Trinajstić information content (AvgIpc) is 2.70. The maximum Gasteiger partial charge on any atom is 0.0991 e. The van der Waals surface area contributed by atoms with Gasteiger partial charge in [-0.25, -0.2) is 0 Å². The molecule has 1 heteroatoms. The third-order valence-electron chi connectivity index (χ3n) is 5.07. The van der Waals surface area contributed by atoms with Crippen molar-refractivity contribution in [3.05, 3.63) is 71.8 Å². The quantitative estimate of drug-likeness (QED) is 0.395. The van der Waals surface area contributed by atoms with E-state index in [1.165, 1.54) is 66.8 Å². The molecule has 3 rings (SSSR count). The van der Waals surface area contributed by atoms with Gasteiger partial charge in [0.15, 0.2) is 0 Å². The van der Waals surface area contributed by atoms with Crippen LogP contribution in [-0.2, 0) is 6.42 Å². The zero-order chi connectivity index (χ0) is 18.2. The minimum atomic E-state index is 0.703. The van der Waals surface area contributed by atoms with Crippen LogP contribution in [0.1, 0.15) is 56.6 Å². The summed E-state index contributed by atoms with van der Waals surface area (Å²) in [5, 5.41) is 11.5. The van der Waals surface area contributed by atoms with Crippen molar-refractivity contribution in [3.63, 3.8) is 0 Å². The minimum Gasteiger partial charge on any atom is -0.192 e. The first-order chi connectivity index (χ1) is 12.8. The van der Waals surface area contributed by atoms with Gasteiger partial charge in [-0.2, -0.15) is 5.26 Å². The van der Waals surface area contributed by atoms with Crippen molar-refractivity contribution in [2.24, 2.45) is 0 Å². The summed E-state index contributed by atoms with van der Waals surface area (Å²) < 4.78 is 0. The molecular weight excluding hydrogens is 314 g/mol. The van der Waals surface area contributed by atoms with Crippen LogP contribution < -0.4 is 0 Å². The normalized spacial score (nSPS) is 10.8. The van der Waals surface area contributed by atoms with Gasteiger partial charge in [0.1, 0.15) is 0 Å². The van der Waals surface area contributed by atoms with E-state index >= 15 is 0 Å². The van der Waals surface area contributed by atoms with Crippen LogP contribution in [0.15, 0.2) is 60.7 Å². The molecule has 3 aromatic carbocycles. The fourth-order valence-corrected chi connectivity index (χ4v) is 3.48. The molecule has 0 fully saturated rings. The molecule has 0 bridgehead atoms. The highest BCUT2D eigenvalue weighted by atomic mass is 14.2. The zero-order valence-corrected chi connectivity index (χ0v) is 15.7. The second-order valence-electron chi connectivity index (χ2n) is 7.10. The van der Waals surface area contributed by atoms with Crippen LogP contribution in [0.3, 0.4) is 0 Å². The number of rotatable bonds is 8. The Morgan fingerprint density at radius 2 is 1.35 bits per heavy atom. The summed E-state index contributed by atoms with van der Waals surface area (Å²) >= 11 is 0. The lowest BCUT2D eigenvalue weighted by atomic mass is 9.98. The van der Waals surface area contributed by atoms with Crippen molar-refractivity contribution < 1.29 is 0 Å².